The molecule has 0 bridgehead atoms. The van der Waals surface area contributed by atoms with E-state index < -0.39 is 17.4 Å². The first kappa shape index (κ1) is 7.47. The zero-order valence-corrected chi connectivity index (χ0v) is 6.45. The molecule has 2 rings (SSSR count). The maximum absolute atomic E-state index is 13.3. The molecule has 64 valence electrons. The summed E-state index contributed by atoms with van der Waals surface area (Å²) in [5.74, 6) is -2.99. The Labute approximate surface area is 65.0 Å². The molecule has 2 N–H and O–H groups in total. The van der Waals surface area contributed by atoms with Crippen LogP contribution in [0.25, 0.3) is 0 Å². The molecular formula is C8H13F2N. The summed E-state index contributed by atoms with van der Waals surface area (Å²) in [5, 5.41) is 0. The zero-order valence-electron chi connectivity index (χ0n) is 6.45. The van der Waals surface area contributed by atoms with Crippen LogP contribution in [0, 0.1) is 5.92 Å². The zero-order chi connectivity index (χ0) is 8.11. The van der Waals surface area contributed by atoms with Gasteiger partial charge in [-0.15, -0.1) is 0 Å². The highest BCUT2D eigenvalue weighted by atomic mass is 19.3. The first-order valence-electron chi connectivity index (χ1n) is 4.23. The summed E-state index contributed by atoms with van der Waals surface area (Å²) in [5.41, 5.74) is 4.37. The van der Waals surface area contributed by atoms with Gasteiger partial charge in [0.2, 0.25) is 0 Å². The van der Waals surface area contributed by atoms with Crippen LogP contribution in [0.5, 0.6) is 0 Å². The van der Waals surface area contributed by atoms with E-state index in [1.807, 2.05) is 0 Å². The van der Waals surface area contributed by atoms with Gasteiger partial charge in [0.15, 0.2) is 0 Å². The molecule has 1 nitrogen and oxygen atoms in total. The van der Waals surface area contributed by atoms with E-state index in [0.717, 1.165) is 6.42 Å². The molecule has 0 amide bonds. The Balaban J connectivity index is 2.07. The van der Waals surface area contributed by atoms with Crippen LogP contribution in [0.1, 0.15) is 32.1 Å². The molecule has 2 aliphatic carbocycles. The largest absolute Gasteiger partial charge is 0.320 e. The van der Waals surface area contributed by atoms with Crippen LogP contribution in [-0.2, 0) is 0 Å². The van der Waals surface area contributed by atoms with Gasteiger partial charge in [-0.05, 0) is 25.7 Å². The Kier molecular flexibility index (Phi) is 1.32. The molecule has 0 radical (unpaired) electrons. The number of rotatable bonds is 2. The minimum Gasteiger partial charge on any atom is -0.320 e. The van der Waals surface area contributed by atoms with Gasteiger partial charge in [0.25, 0.3) is 5.92 Å². The van der Waals surface area contributed by atoms with Crippen LogP contribution in [0.2, 0.25) is 0 Å². The summed E-state index contributed by atoms with van der Waals surface area (Å²) in [7, 11) is 0. The molecule has 0 aliphatic heterocycles. The van der Waals surface area contributed by atoms with Gasteiger partial charge in [-0.3, -0.25) is 0 Å². The van der Waals surface area contributed by atoms with E-state index in [4.69, 9.17) is 5.73 Å². The normalized spacial score (nSPS) is 29.7. The molecule has 0 spiro atoms. The molecule has 0 heterocycles. The second-order valence-corrected chi connectivity index (χ2v) is 3.91. The number of nitrogens with two attached hydrogens (primary N) is 1. The lowest BCUT2D eigenvalue weighted by atomic mass is 9.77. The quantitative estimate of drug-likeness (QED) is 0.657. The van der Waals surface area contributed by atoms with Crippen molar-refractivity contribution in [1.29, 1.82) is 0 Å². The summed E-state index contributed by atoms with van der Waals surface area (Å²) >= 11 is 0. The van der Waals surface area contributed by atoms with Crippen molar-refractivity contribution in [1.82, 2.24) is 0 Å². The summed E-state index contributed by atoms with van der Waals surface area (Å²) in [6.07, 6.45) is 3.32. The second kappa shape index (κ2) is 1.94. The molecule has 3 heteroatoms. The third-order valence-corrected chi connectivity index (χ3v) is 3.07. The number of halogens is 2. The van der Waals surface area contributed by atoms with E-state index >= 15 is 0 Å². The van der Waals surface area contributed by atoms with E-state index in [2.05, 4.69) is 0 Å². The highest BCUT2D eigenvalue weighted by Crippen LogP contribution is 2.54. The average molecular weight is 161 g/mol. The van der Waals surface area contributed by atoms with Crippen molar-refractivity contribution in [3.8, 4) is 0 Å². The van der Waals surface area contributed by atoms with Gasteiger partial charge in [0, 0.05) is 5.92 Å². The second-order valence-electron chi connectivity index (χ2n) is 3.91. The van der Waals surface area contributed by atoms with Crippen molar-refractivity contribution in [2.45, 2.75) is 43.6 Å². The van der Waals surface area contributed by atoms with Gasteiger partial charge in [-0.25, -0.2) is 8.78 Å². The molecule has 0 saturated heterocycles. The maximum Gasteiger partial charge on any atom is 0.268 e. The van der Waals surface area contributed by atoms with Gasteiger partial charge in [-0.2, -0.15) is 0 Å². The topological polar surface area (TPSA) is 26.0 Å². The Morgan fingerprint density at radius 3 is 2.09 bits per heavy atom. The molecule has 0 aromatic rings. The third kappa shape index (κ3) is 0.901. The molecule has 2 saturated carbocycles. The Bertz CT molecular complexity index is 171. The molecule has 2 aliphatic rings. The predicted octanol–water partition coefficient (Wildman–Crippen LogP) is 1.91. The smallest absolute Gasteiger partial charge is 0.268 e. The number of hydrogen-bond acceptors (Lipinski definition) is 1. The van der Waals surface area contributed by atoms with Crippen molar-refractivity contribution >= 4 is 0 Å². The molecule has 11 heavy (non-hydrogen) atoms. The number of hydrogen-bond donors (Lipinski definition) is 1. The highest BCUT2D eigenvalue weighted by molar-refractivity contribution is 5.12. The van der Waals surface area contributed by atoms with Crippen LogP contribution in [0.3, 0.4) is 0 Å². The van der Waals surface area contributed by atoms with E-state index in [0.29, 0.717) is 25.7 Å². The lowest BCUT2D eigenvalue weighted by Crippen LogP contribution is -2.50. The van der Waals surface area contributed by atoms with Gasteiger partial charge in [0.05, 0.1) is 5.54 Å². The fourth-order valence-corrected chi connectivity index (χ4v) is 1.65. The van der Waals surface area contributed by atoms with Gasteiger partial charge in [0.1, 0.15) is 0 Å². The summed E-state index contributed by atoms with van der Waals surface area (Å²) in [6, 6.07) is 0. The molecule has 0 aromatic carbocycles. The first-order chi connectivity index (χ1) is 5.06. The average Bonchev–Trinajstić information content (AvgIpc) is 2.41. The lowest BCUT2D eigenvalue weighted by molar-refractivity contribution is -0.115. The molecule has 0 atom stereocenters. The van der Waals surface area contributed by atoms with Crippen molar-refractivity contribution in [2.24, 2.45) is 11.7 Å². The van der Waals surface area contributed by atoms with Crippen LogP contribution in [0.15, 0.2) is 0 Å². The van der Waals surface area contributed by atoms with E-state index in [1.165, 1.54) is 0 Å². The Hall–Kier alpha value is -0.180. The van der Waals surface area contributed by atoms with Crippen molar-refractivity contribution in [2.75, 3.05) is 0 Å². The lowest BCUT2D eigenvalue weighted by Gasteiger charge is -2.37. The standard InChI is InChI=1S/C8H13F2N/c9-8(10,6-2-1-3-6)7(11)4-5-7/h6H,1-5,11H2. The van der Waals surface area contributed by atoms with E-state index in [9.17, 15) is 8.78 Å². The van der Waals surface area contributed by atoms with Crippen LogP contribution < -0.4 is 5.73 Å². The molecule has 2 fully saturated rings. The predicted molar refractivity (Wildman–Crippen MR) is 38.4 cm³/mol. The molecule has 0 aromatic heterocycles. The van der Waals surface area contributed by atoms with E-state index in [1.54, 1.807) is 0 Å². The monoisotopic (exact) mass is 161 g/mol. The maximum atomic E-state index is 13.3. The Morgan fingerprint density at radius 2 is 1.82 bits per heavy atom. The highest BCUT2D eigenvalue weighted by Gasteiger charge is 2.63. The van der Waals surface area contributed by atoms with Crippen molar-refractivity contribution < 1.29 is 8.78 Å². The minimum atomic E-state index is -2.58. The van der Waals surface area contributed by atoms with Gasteiger partial charge >= 0.3 is 0 Å². The van der Waals surface area contributed by atoms with Gasteiger partial charge < -0.3 is 5.73 Å². The summed E-state index contributed by atoms with van der Waals surface area (Å²) in [6.45, 7) is 0. The van der Waals surface area contributed by atoms with Crippen LogP contribution in [-0.4, -0.2) is 11.5 Å². The van der Waals surface area contributed by atoms with Crippen LogP contribution >= 0.6 is 0 Å². The first-order valence-corrected chi connectivity index (χ1v) is 4.23. The van der Waals surface area contributed by atoms with Crippen LogP contribution in [0.4, 0.5) is 8.78 Å². The van der Waals surface area contributed by atoms with Gasteiger partial charge in [-0.1, -0.05) is 6.42 Å². The SMILES string of the molecule is NC1(C(F)(F)C2CCC2)CC1. The minimum absolute atomic E-state index is 0.407. The number of alkyl halides is 2. The fourth-order valence-electron chi connectivity index (χ4n) is 1.65. The van der Waals surface area contributed by atoms with E-state index in [-0.39, 0.29) is 0 Å². The van der Waals surface area contributed by atoms with Crippen molar-refractivity contribution in [3.05, 3.63) is 0 Å². The summed E-state index contributed by atoms with van der Waals surface area (Å²) in [4.78, 5) is 0. The molecular weight excluding hydrogens is 148 g/mol. The van der Waals surface area contributed by atoms with Crippen molar-refractivity contribution in [3.63, 3.8) is 0 Å². The fraction of sp³-hybridized carbons (Fsp3) is 1.00. The molecule has 0 unspecified atom stereocenters. The Morgan fingerprint density at radius 1 is 1.27 bits per heavy atom. The summed E-state index contributed by atoms with van der Waals surface area (Å²) < 4.78 is 26.6. The third-order valence-electron chi connectivity index (χ3n) is 3.07.